The Kier molecular flexibility index (Phi) is 4.58. The third-order valence-electron chi connectivity index (χ3n) is 3.17. The molecule has 1 aliphatic carbocycles. The van der Waals surface area contributed by atoms with Gasteiger partial charge in [-0.15, -0.1) is 0 Å². The van der Waals surface area contributed by atoms with Crippen molar-refractivity contribution in [3.05, 3.63) is 0 Å². The number of carbonyl (C=O) groups excluding carboxylic acids is 1. The summed E-state index contributed by atoms with van der Waals surface area (Å²) in [7, 11) is 1.73. The molecule has 0 saturated heterocycles. The molecular weight excluding hydrogens is 208 g/mol. The van der Waals surface area contributed by atoms with Crippen LogP contribution in [-0.2, 0) is 4.79 Å². The molecule has 2 unspecified atom stereocenters. The highest BCUT2D eigenvalue weighted by atomic mass is 16.4. The van der Waals surface area contributed by atoms with Crippen LogP contribution in [0.4, 0.5) is 4.79 Å². The molecule has 0 aromatic rings. The van der Waals surface area contributed by atoms with E-state index in [0.717, 1.165) is 19.3 Å². The summed E-state index contributed by atoms with van der Waals surface area (Å²) in [6.45, 7) is 2.56. The number of carboxylic acid groups (broad SMARTS) is 1. The summed E-state index contributed by atoms with van der Waals surface area (Å²) in [4.78, 5) is 24.0. The van der Waals surface area contributed by atoms with Crippen molar-refractivity contribution in [2.45, 2.75) is 38.6 Å². The molecule has 0 spiro atoms. The van der Waals surface area contributed by atoms with Gasteiger partial charge in [-0.3, -0.25) is 4.79 Å². The van der Waals surface area contributed by atoms with Crippen molar-refractivity contribution in [2.75, 3.05) is 13.6 Å². The second-order valence-electron chi connectivity index (χ2n) is 4.36. The van der Waals surface area contributed by atoms with Crippen LogP contribution in [0.15, 0.2) is 0 Å². The predicted octanol–water partition coefficient (Wildman–Crippen LogP) is 1.29. The van der Waals surface area contributed by atoms with Crippen molar-refractivity contribution in [3.63, 3.8) is 0 Å². The molecule has 0 aromatic carbocycles. The number of hydrogen-bond donors (Lipinski definition) is 2. The highest BCUT2D eigenvalue weighted by Gasteiger charge is 2.28. The van der Waals surface area contributed by atoms with E-state index in [4.69, 9.17) is 5.11 Å². The second-order valence-corrected chi connectivity index (χ2v) is 4.36. The second kappa shape index (κ2) is 5.72. The van der Waals surface area contributed by atoms with Gasteiger partial charge in [-0.05, 0) is 26.2 Å². The van der Waals surface area contributed by atoms with Crippen LogP contribution in [0.2, 0.25) is 0 Å². The topological polar surface area (TPSA) is 69.6 Å². The zero-order valence-electron chi connectivity index (χ0n) is 9.90. The van der Waals surface area contributed by atoms with Crippen molar-refractivity contribution < 1.29 is 14.7 Å². The Morgan fingerprint density at radius 1 is 1.44 bits per heavy atom. The molecule has 0 aliphatic heterocycles. The Balaban J connectivity index is 2.43. The van der Waals surface area contributed by atoms with Gasteiger partial charge in [0.25, 0.3) is 0 Å². The molecule has 5 heteroatoms. The van der Waals surface area contributed by atoms with Crippen LogP contribution < -0.4 is 5.32 Å². The number of urea groups is 1. The molecule has 2 N–H and O–H groups in total. The van der Waals surface area contributed by atoms with Gasteiger partial charge in [0.1, 0.15) is 0 Å². The van der Waals surface area contributed by atoms with Gasteiger partial charge in [0, 0.05) is 19.6 Å². The molecule has 5 nitrogen and oxygen atoms in total. The fourth-order valence-corrected chi connectivity index (χ4v) is 1.97. The highest BCUT2D eigenvalue weighted by molar-refractivity contribution is 5.74. The van der Waals surface area contributed by atoms with Crippen LogP contribution >= 0.6 is 0 Å². The number of amides is 2. The monoisotopic (exact) mass is 228 g/mol. The minimum atomic E-state index is -0.747. The molecule has 1 aliphatic rings. The van der Waals surface area contributed by atoms with E-state index >= 15 is 0 Å². The van der Waals surface area contributed by atoms with Crippen LogP contribution in [0.5, 0.6) is 0 Å². The number of carbonyl (C=O) groups is 2. The van der Waals surface area contributed by atoms with Gasteiger partial charge in [0.05, 0.1) is 5.92 Å². The third-order valence-corrected chi connectivity index (χ3v) is 3.17. The lowest BCUT2D eigenvalue weighted by Gasteiger charge is -2.29. The molecule has 1 fully saturated rings. The van der Waals surface area contributed by atoms with Crippen molar-refractivity contribution in [1.82, 2.24) is 10.2 Å². The van der Waals surface area contributed by atoms with E-state index in [1.165, 1.54) is 0 Å². The van der Waals surface area contributed by atoms with E-state index in [9.17, 15) is 9.59 Å². The van der Waals surface area contributed by atoms with Gasteiger partial charge in [0.2, 0.25) is 0 Å². The van der Waals surface area contributed by atoms with Gasteiger partial charge in [-0.2, -0.15) is 0 Å². The number of hydrogen-bond acceptors (Lipinski definition) is 2. The summed E-state index contributed by atoms with van der Waals surface area (Å²) in [5.74, 6) is -1.05. The first-order valence-corrected chi connectivity index (χ1v) is 5.79. The van der Waals surface area contributed by atoms with E-state index in [2.05, 4.69) is 5.32 Å². The molecule has 2 atom stereocenters. The minimum absolute atomic E-state index is 0.0105. The van der Waals surface area contributed by atoms with Gasteiger partial charge >= 0.3 is 12.0 Å². The maximum absolute atomic E-state index is 11.6. The summed E-state index contributed by atoms with van der Waals surface area (Å²) in [6.07, 6.45) is 3.04. The molecule has 2 amide bonds. The summed E-state index contributed by atoms with van der Waals surface area (Å²) < 4.78 is 0. The number of carboxylic acids is 1. The predicted molar refractivity (Wildman–Crippen MR) is 60.2 cm³/mol. The van der Waals surface area contributed by atoms with Crippen molar-refractivity contribution in [2.24, 2.45) is 5.92 Å². The van der Waals surface area contributed by atoms with Crippen LogP contribution in [0.3, 0.4) is 0 Å². The molecule has 1 saturated carbocycles. The summed E-state index contributed by atoms with van der Waals surface area (Å²) in [6, 6.07) is -0.102. The van der Waals surface area contributed by atoms with Crippen molar-refractivity contribution in [1.29, 1.82) is 0 Å². The minimum Gasteiger partial charge on any atom is -0.481 e. The molecule has 0 aromatic heterocycles. The van der Waals surface area contributed by atoms with Crippen LogP contribution in [-0.4, -0.2) is 41.6 Å². The molecule has 16 heavy (non-hydrogen) atoms. The number of nitrogens with zero attached hydrogens (tertiary/aromatic N) is 1. The van der Waals surface area contributed by atoms with Gasteiger partial charge < -0.3 is 15.3 Å². The SMILES string of the molecule is CCN(C)C(=O)NC1CCCC(C(=O)O)C1. The Labute approximate surface area is 95.8 Å². The van der Waals surface area contributed by atoms with Gasteiger partial charge in [-0.25, -0.2) is 4.79 Å². The fraction of sp³-hybridized carbons (Fsp3) is 0.818. The maximum atomic E-state index is 11.6. The normalized spacial score (nSPS) is 24.9. The molecule has 1 rings (SSSR count). The lowest BCUT2D eigenvalue weighted by molar-refractivity contribution is -0.143. The summed E-state index contributed by atoms with van der Waals surface area (Å²) in [5.41, 5.74) is 0. The van der Waals surface area contributed by atoms with Crippen LogP contribution in [0.25, 0.3) is 0 Å². The lowest BCUT2D eigenvalue weighted by atomic mass is 9.86. The first kappa shape index (κ1) is 12.8. The zero-order valence-corrected chi connectivity index (χ0v) is 9.90. The Morgan fingerprint density at radius 2 is 2.12 bits per heavy atom. The standard InChI is InChI=1S/C11H20N2O3/c1-3-13(2)11(16)12-9-6-4-5-8(7-9)10(14)15/h8-9H,3-7H2,1-2H3,(H,12,16)(H,14,15). The van der Waals surface area contributed by atoms with Crippen molar-refractivity contribution >= 4 is 12.0 Å². The highest BCUT2D eigenvalue weighted by Crippen LogP contribution is 2.24. The summed E-state index contributed by atoms with van der Waals surface area (Å²) in [5, 5.41) is 11.8. The Hall–Kier alpha value is -1.26. The molecule has 0 heterocycles. The van der Waals surface area contributed by atoms with Crippen LogP contribution in [0, 0.1) is 5.92 Å². The van der Waals surface area contributed by atoms with E-state index in [0.29, 0.717) is 13.0 Å². The number of nitrogens with one attached hydrogen (secondary N) is 1. The van der Waals surface area contributed by atoms with Crippen molar-refractivity contribution in [3.8, 4) is 0 Å². The van der Waals surface area contributed by atoms with E-state index in [-0.39, 0.29) is 18.0 Å². The Morgan fingerprint density at radius 3 is 2.69 bits per heavy atom. The quantitative estimate of drug-likeness (QED) is 0.764. The summed E-state index contributed by atoms with van der Waals surface area (Å²) >= 11 is 0. The maximum Gasteiger partial charge on any atom is 0.317 e. The van der Waals surface area contributed by atoms with Gasteiger partial charge in [0.15, 0.2) is 0 Å². The van der Waals surface area contributed by atoms with E-state index < -0.39 is 5.97 Å². The number of aliphatic carboxylic acids is 1. The Bertz CT molecular complexity index is 268. The largest absolute Gasteiger partial charge is 0.481 e. The average molecular weight is 228 g/mol. The smallest absolute Gasteiger partial charge is 0.317 e. The van der Waals surface area contributed by atoms with Crippen LogP contribution in [0.1, 0.15) is 32.6 Å². The van der Waals surface area contributed by atoms with Gasteiger partial charge in [-0.1, -0.05) is 6.42 Å². The lowest BCUT2D eigenvalue weighted by Crippen LogP contribution is -2.45. The molecule has 0 bridgehead atoms. The third kappa shape index (κ3) is 3.40. The number of rotatable bonds is 3. The first-order chi connectivity index (χ1) is 7.54. The van der Waals surface area contributed by atoms with E-state index in [1.807, 2.05) is 6.92 Å². The molecular formula is C11H20N2O3. The first-order valence-electron chi connectivity index (χ1n) is 5.79. The fourth-order valence-electron chi connectivity index (χ4n) is 1.97. The zero-order chi connectivity index (χ0) is 12.1. The molecule has 0 radical (unpaired) electrons. The average Bonchev–Trinajstić information content (AvgIpc) is 2.28. The van der Waals surface area contributed by atoms with E-state index in [1.54, 1.807) is 11.9 Å². The molecule has 92 valence electrons.